The van der Waals surface area contributed by atoms with Crippen LogP contribution in [0.15, 0.2) is 40.2 Å². The molecule has 0 aliphatic carbocycles. The van der Waals surface area contributed by atoms with Gasteiger partial charge in [0.25, 0.3) is 0 Å². The van der Waals surface area contributed by atoms with Gasteiger partial charge in [0.05, 0.1) is 0 Å². The maximum absolute atomic E-state index is 6.25. The number of nitrogens with zero attached hydrogens (tertiary/aromatic N) is 1. The minimum absolute atomic E-state index is 0.0520. The minimum Gasteiger partial charge on any atom is -0.378 e. The molecule has 2 rings (SSSR count). The molecule has 2 nitrogen and oxygen atoms in total. The smallest absolute Gasteiger partial charge is 0.0361 e. The van der Waals surface area contributed by atoms with Gasteiger partial charge in [0, 0.05) is 41.6 Å². The van der Waals surface area contributed by atoms with Crippen LogP contribution in [0.5, 0.6) is 0 Å². The monoisotopic (exact) mass is 324 g/mol. The van der Waals surface area contributed by atoms with Crippen LogP contribution in [-0.2, 0) is 6.42 Å². The molecule has 0 saturated heterocycles. The second-order valence-corrected chi connectivity index (χ2v) is 6.34. The Labute approximate surface area is 121 Å². The van der Waals surface area contributed by atoms with Gasteiger partial charge in [-0.05, 0) is 45.1 Å². The molecule has 96 valence electrons. The van der Waals surface area contributed by atoms with Crippen LogP contribution in [0.3, 0.4) is 0 Å². The van der Waals surface area contributed by atoms with Gasteiger partial charge in [-0.15, -0.1) is 11.3 Å². The molecular weight excluding hydrogens is 308 g/mol. The molecule has 0 aliphatic rings. The van der Waals surface area contributed by atoms with Crippen molar-refractivity contribution in [1.29, 1.82) is 0 Å². The molecule has 0 amide bonds. The fourth-order valence-corrected chi connectivity index (χ4v) is 3.38. The van der Waals surface area contributed by atoms with Crippen molar-refractivity contribution in [2.45, 2.75) is 12.5 Å². The van der Waals surface area contributed by atoms with Crippen LogP contribution in [0.4, 0.5) is 5.69 Å². The standard InChI is InChI=1S/C14H17BrN2S/c1-17(2)11-5-3-10(4-6-11)13(16)9-14-12(15)7-8-18-14/h3-8,13H,9,16H2,1-2H3. The summed E-state index contributed by atoms with van der Waals surface area (Å²) < 4.78 is 1.16. The van der Waals surface area contributed by atoms with E-state index >= 15 is 0 Å². The van der Waals surface area contributed by atoms with Crippen molar-refractivity contribution in [2.24, 2.45) is 5.73 Å². The Hall–Kier alpha value is -0.840. The Balaban J connectivity index is 2.09. The number of anilines is 1. The van der Waals surface area contributed by atoms with Crippen LogP contribution in [0.25, 0.3) is 0 Å². The lowest BCUT2D eigenvalue weighted by Crippen LogP contribution is -2.13. The number of benzene rings is 1. The van der Waals surface area contributed by atoms with Crippen LogP contribution < -0.4 is 10.6 Å². The first-order valence-corrected chi connectivity index (χ1v) is 7.50. The lowest BCUT2D eigenvalue weighted by molar-refractivity contribution is 0.728. The predicted octanol–water partition coefficient (Wildman–Crippen LogP) is 3.82. The van der Waals surface area contributed by atoms with Gasteiger partial charge in [0.15, 0.2) is 0 Å². The topological polar surface area (TPSA) is 29.3 Å². The average molecular weight is 325 g/mol. The third kappa shape index (κ3) is 3.13. The van der Waals surface area contributed by atoms with E-state index in [1.807, 2.05) is 14.1 Å². The van der Waals surface area contributed by atoms with E-state index in [4.69, 9.17) is 5.73 Å². The fraction of sp³-hybridized carbons (Fsp3) is 0.286. The largest absolute Gasteiger partial charge is 0.378 e. The lowest BCUT2D eigenvalue weighted by Gasteiger charge is -2.15. The molecule has 0 aliphatic heterocycles. The van der Waals surface area contributed by atoms with Gasteiger partial charge in [-0.1, -0.05) is 12.1 Å². The summed E-state index contributed by atoms with van der Waals surface area (Å²) in [6, 6.07) is 10.6. The summed E-state index contributed by atoms with van der Waals surface area (Å²) in [7, 11) is 4.08. The van der Waals surface area contributed by atoms with Crippen molar-refractivity contribution in [2.75, 3.05) is 19.0 Å². The number of hydrogen-bond acceptors (Lipinski definition) is 3. The van der Waals surface area contributed by atoms with Gasteiger partial charge in [-0.3, -0.25) is 0 Å². The number of rotatable bonds is 4. The Kier molecular flexibility index (Phi) is 4.43. The molecule has 0 radical (unpaired) electrons. The summed E-state index contributed by atoms with van der Waals surface area (Å²) in [6.07, 6.45) is 0.875. The van der Waals surface area contributed by atoms with E-state index < -0.39 is 0 Å². The van der Waals surface area contributed by atoms with E-state index in [1.165, 1.54) is 16.1 Å². The molecule has 0 bridgehead atoms. The zero-order chi connectivity index (χ0) is 13.1. The maximum Gasteiger partial charge on any atom is 0.0361 e. The normalized spacial score (nSPS) is 12.4. The second-order valence-electron chi connectivity index (χ2n) is 4.49. The van der Waals surface area contributed by atoms with Crippen LogP contribution in [0.1, 0.15) is 16.5 Å². The Bertz CT molecular complexity index is 505. The van der Waals surface area contributed by atoms with E-state index in [0.29, 0.717) is 0 Å². The van der Waals surface area contributed by atoms with Gasteiger partial charge in [0.1, 0.15) is 0 Å². The molecule has 1 aromatic heterocycles. The molecule has 0 fully saturated rings. The molecule has 0 spiro atoms. The Morgan fingerprint density at radius 3 is 2.39 bits per heavy atom. The summed E-state index contributed by atoms with van der Waals surface area (Å²) >= 11 is 5.29. The summed E-state index contributed by atoms with van der Waals surface area (Å²) in [4.78, 5) is 3.39. The maximum atomic E-state index is 6.25. The van der Waals surface area contributed by atoms with Crippen LogP contribution in [0.2, 0.25) is 0 Å². The van der Waals surface area contributed by atoms with E-state index in [2.05, 4.69) is 56.5 Å². The molecule has 1 heterocycles. The highest BCUT2D eigenvalue weighted by Gasteiger charge is 2.10. The van der Waals surface area contributed by atoms with Crippen LogP contribution >= 0.6 is 27.3 Å². The van der Waals surface area contributed by atoms with Gasteiger partial charge in [-0.2, -0.15) is 0 Å². The van der Waals surface area contributed by atoms with Crippen molar-refractivity contribution in [1.82, 2.24) is 0 Å². The summed E-state index contributed by atoms with van der Waals surface area (Å²) in [5.41, 5.74) is 8.63. The third-order valence-electron chi connectivity index (χ3n) is 2.93. The molecule has 2 aromatic rings. The van der Waals surface area contributed by atoms with E-state index in [1.54, 1.807) is 11.3 Å². The van der Waals surface area contributed by atoms with Crippen molar-refractivity contribution < 1.29 is 0 Å². The van der Waals surface area contributed by atoms with Crippen molar-refractivity contribution in [3.05, 3.63) is 50.6 Å². The molecule has 4 heteroatoms. The highest BCUT2D eigenvalue weighted by molar-refractivity contribution is 9.10. The molecule has 1 aromatic carbocycles. The van der Waals surface area contributed by atoms with Gasteiger partial charge in [0.2, 0.25) is 0 Å². The molecule has 0 saturated carbocycles. The zero-order valence-electron chi connectivity index (χ0n) is 10.6. The first-order chi connectivity index (χ1) is 8.58. The number of thiophene rings is 1. The van der Waals surface area contributed by atoms with Gasteiger partial charge >= 0.3 is 0 Å². The third-order valence-corrected chi connectivity index (χ3v) is 4.88. The highest BCUT2D eigenvalue weighted by atomic mass is 79.9. The summed E-state index contributed by atoms with van der Waals surface area (Å²) in [6.45, 7) is 0. The SMILES string of the molecule is CN(C)c1ccc(C(N)Cc2sccc2Br)cc1. The number of hydrogen-bond donors (Lipinski definition) is 1. The fourth-order valence-electron chi connectivity index (χ4n) is 1.81. The molecular formula is C14H17BrN2S. The highest BCUT2D eigenvalue weighted by Crippen LogP contribution is 2.27. The number of halogens is 1. The first-order valence-electron chi connectivity index (χ1n) is 5.82. The van der Waals surface area contributed by atoms with Gasteiger partial charge < -0.3 is 10.6 Å². The van der Waals surface area contributed by atoms with E-state index in [-0.39, 0.29) is 6.04 Å². The molecule has 2 N–H and O–H groups in total. The van der Waals surface area contributed by atoms with E-state index in [9.17, 15) is 0 Å². The van der Waals surface area contributed by atoms with Crippen molar-refractivity contribution in [3.63, 3.8) is 0 Å². The van der Waals surface area contributed by atoms with Gasteiger partial charge in [-0.25, -0.2) is 0 Å². The Morgan fingerprint density at radius 2 is 1.89 bits per heavy atom. The van der Waals surface area contributed by atoms with E-state index in [0.717, 1.165) is 10.9 Å². The molecule has 1 atom stereocenters. The van der Waals surface area contributed by atoms with Crippen molar-refractivity contribution >= 4 is 33.0 Å². The predicted molar refractivity (Wildman–Crippen MR) is 83.4 cm³/mol. The number of nitrogens with two attached hydrogens (primary N) is 1. The van der Waals surface area contributed by atoms with Crippen LogP contribution in [-0.4, -0.2) is 14.1 Å². The lowest BCUT2D eigenvalue weighted by atomic mass is 10.0. The average Bonchev–Trinajstić information content (AvgIpc) is 2.75. The summed E-state index contributed by atoms with van der Waals surface area (Å²) in [5, 5.41) is 2.08. The minimum atomic E-state index is 0.0520. The first kappa shape index (κ1) is 13.6. The second kappa shape index (κ2) is 5.87. The Morgan fingerprint density at radius 1 is 1.22 bits per heavy atom. The summed E-state index contributed by atoms with van der Waals surface area (Å²) in [5.74, 6) is 0. The zero-order valence-corrected chi connectivity index (χ0v) is 13.0. The molecule has 18 heavy (non-hydrogen) atoms. The molecule has 1 unspecified atom stereocenters. The van der Waals surface area contributed by atoms with Crippen LogP contribution in [0, 0.1) is 0 Å². The van der Waals surface area contributed by atoms with Crippen molar-refractivity contribution in [3.8, 4) is 0 Å². The quantitative estimate of drug-likeness (QED) is 0.926.